The number of benzene rings is 1. The fourth-order valence-corrected chi connectivity index (χ4v) is 1.63. The lowest BCUT2D eigenvalue weighted by atomic mass is 10.1. The van der Waals surface area contributed by atoms with E-state index in [0.717, 1.165) is 22.5 Å². The summed E-state index contributed by atoms with van der Waals surface area (Å²) in [5.74, 6) is 0. The molecule has 0 bridgehead atoms. The van der Waals surface area contributed by atoms with Crippen molar-refractivity contribution in [2.75, 3.05) is 19.0 Å². The van der Waals surface area contributed by atoms with Gasteiger partial charge in [0.2, 0.25) is 0 Å². The number of rotatable bonds is 3. The van der Waals surface area contributed by atoms with Crippen molar-refractivity contribution in [1.82, 2.24) is 4.98 Å². The summed E-state index contributed by atoms with van der Waals surface area (Å²) in [4.78, 5) is 6.49. The van der Waals surface area contributed by atoms with Crippen molar-refractivity contribution >= 4 is 5.69 Å². The van der Waals surface area contributed by atoms with E-state index in [1.54, 1.807) is 0 Å². The van der Waals surface area contributed by atoms with Crippen LogP contribution in [0, 0.1) is 0 Å². The lowest BCUT2D eigenvalue weighted by Crippen LogP contribution is -2.08. The maximum absolute atomic E-state index is 5.57. The highest BCUT2D eigenvalue weighted by atomic mass is 15.1. The minimum atomic E-state index is 0.577. The molecule has 0 radical (unpaired) electrons. The molecule has 0 atom stereocenters. The number of anilines is 1. The van der Waals surface area contributed by atoms with Crippen molar-refractivity contribution in [3.05, 3.63) is 48.2 Å². The van der Waals surface area contributed by atoms with Crippen LogP contribution in [0.1, 0.15) is 5.56 Å². The molecule has 2 N–H and O–H groups in total. The summed E-state index contributed by atoms with van der Waals surface area (Å²) in [6.45, 7) is 0.577. The Balaban J connectivity index is 2.26. The van der Waals surface area contributed by atoms with E-state index in [0.29, 0.717) is 6.54 Å². The number of hydrogen-bond acceptors (Lipinski definition) is 3. The van der Waals surface area contributed by atoms with Gasteiger partial charge >= 0.3 is 0 Å². The molecule has 1 heterocycles. The molecule has 0 unspecified atom stereocenters. The zero-order valence-corrected chi connectivity index (χ0v) is 10.2. The molecule has 0 aliphatic rings. The second-order valence-electron chi connectivity index (χ2n) is 4.20. The zero-order chi connectivity index (χ0) is 12.3. The molecule has 0 saturated heterocycles. The van der Waals surface area contributed by atoms with E-state index in [1.165, 1.54) is 0 Å². The van der Waals surface area contributed by atoms with Crippen LogP contribution in [0.25, 0.3) is 11.3 Å². The van der Waals surface area contributed by atoms with Crippen LogP contribution in [0.4, 0.5) is 5.69 Å². The van der Waals surface area contributed by atoms with E-state index in [1.807, 2.05) is 43.4 Å². The second kappa shape index (κ2) is 4.97. The lowest BCUT2D eigenvalue weighted by molar-refractivity contribution is 1.07. The third-order valence-electron chi connectivity index (χ3n) is 2.75. The predicted octanol–water partition coefficient (Wildman–Crippen LogP) is 2.27. The Kier molecular flexibility index (Phi) is 3.40. The first-order valence-corrected chi connectivity index (χ1v) is 5.63. The monoisotopic (exact) mass is 227 g/mol. The fraction of sp³-hybridized carbons (Fsp3) is 0.214. The Morgan fingerprint density at radius 1 is 1.06 bits per heavy atom. The highest BCUT2D eigenvalue weighted by molar-refractivity contribution is 5.61. The van der Waals surface area contributed by atoms with Gasteiger partial charge in [-0.1, -0.05) is 24.3 Å². The molecule has 0 amide bonds. The Labute approximate surface area is 102 Å². The average molecular weight is 227 g/mol. The summed E-state index contributed by atoms with van der Waals surface area (Å²) < 4.78 is 0. The summed E-state index contributed by atoms with van der Waals surface area (Å²) >= 11 is 0. The van der Waals surface area contributed by atoms with Crippen LogP contribution in [-0.4, -0.2) is 19.1 Å². The number of nitrogens with zero attached hydrogens (tertiary/aromatic N) is 2. The summed E-state index contributed by atoms with van der Waals surface area (Å²) in [6, 6.07) is 12.3. The van der Waals surface area contributed by atoms with Crippen molar-refractivity contribution in [1.29, 1.82) is 0 Å². The van der Waals surface area contributed by atoms with E-state index in [-0.39, 0.29) is 0 Å². The molecular formula is C14H17N3. The van der Waals surface area contributed by atoms with E-state index in [4.69, 9.17) is 5.73 Å². The predicted molar refractivity (Wildman–Crippen MR) is 71.9 cm³/mol. The van der Waals surface area contributed by atoms with Gasteiger partial charge < -0.3 is 10.6 Å². The third-order valence-corrected chi connectivity index (χ3v) is 2.75. The van der Waals surface area contributed by atoms with Crippen LogP contribution in [0.5, 0.6) is 0 Å². The number of aromatic nitrogens is 1. The molecule has 0 aliphatic carbocycles. The number of pyridine rings is 1. The SMILES string of the molecule is CN(C)c1ccc(-c2ccc(CN)cc2)nc1. The highest BCUT2D eigenvalue weighted by Crippen LogP contribution is 2.19. The van der Waals surface area contributed by atoms with Crippen LogP contribution in [0.2, 0.25) is 0 Å². The lowest BCUT2D eigenvalue weighted by Gasteiger charge is -2.12. The van der Waals surface area contributed by atoms with Gasteiger partial charge in [0.05, 0.1) is 17.6 Å². The number of hydrogen-bond donors (Lipinski definition) is 1. The summed E-state index contributed by atoms with van der Waals surface area (Å²) in [7, 11) is 4.01. The van der Waals surface area contributed by atoms with E-state index < -0.39 is 0 Å². The zero-order valence-electron chi connectivity index (χ0n) is 10.2. The maximum atomic E-state index is 5.57. The van der Waals surface area contributed by atoms with Gasteiger partial charge in [-0.25, -0.2) is 0 Å². The second-order valence-corrected chi connectivity index (χ2v) is 4.20. The average Bonchev–Trinajstić information content (AvgIpc) is 2.39. The standard InChI is InChI=1S/C14H17N3/c1-17(2)13-7-8-14(16-10-13)12-5-3-11(9-15)4-6-12/h3-8,10H,9,15H2,1-2H3. The first-order valence-electron chi connectivity index (χ1n) is 5.63. The Morgan fingerprint density at radius 3 is 2.24 bits per heavy atom. The summed E-state index contributed by atoms with van der Waals surface area (Å²) in [6.07, 6.45) is 1.88. The van der Waals surface area contributed by atoms with Crippen LogP contribution >= 0.6 is 0 Å². The van der Waals surface area contributed by atoms with Gasteiger partial charge in [0, 0.05) is 26.2 Å². The highest BCUT2D eigenvalue weighted by Gasteiger charge is 2.00. The summed E-state index contributed by atoms with van der Waals surface area (Å²) in [5, 5.41) is 0. The van der Waals surface area contributed by atoms with Gasteiger partial charge in [-0.05, 0) is 17.7 Å². The normalized spacial score (nSPS) is 10.3. The van der Waals surface area contributed by atoms with E-state index in [9.17, 15) is 0 Å². The van der Waals surface area contributed by atoms with Crippen molar-refractivity contribution in [3.63, 3.8) is 0 Å². The smallest absolute Gasteiger partial charge is 0.0703 e. The molecular weight excluding hydrogens is 210 g/mol. The van der Waals surface area contributed by atoms with Gasteiger partial charge in [0.25, 0.3) is 0 Å². The Morgan fingerprint density at radius 2 is 1.76 bits per heavy atom. The van der Waals surface area contributed by atoms with Crippen LogP contribution in [0.3, 0.4) is 0 Å². The molecule has 88 valence electrons. The minimum absolute atomic E-state index is 0.577. The third kappa shape index (κ3) is 2.63. The first kappa shape index (κ1) is 11.6. The molecule has 0 spiro atoms. The first-order chi connectivity index (χ1) is 8.20. The molecule has 2 rings (SSSR count). The Hall–Kier alpha value is -1.87. The van der Waals surface area contributed by atoms with Gasteiger partial charge in [-0.15, -0.1) is 0 Å². The topological polar surface area (TPSA) is 42.1 Å². The minimum Gasteiger partial charge on any atom is -0.376 e. The van der Waals surface area contributed by atoms with Crippen LogP contribution < -0.4 is 10.6 Å². The quantitative estimate of drug-likeness (QED) is 0.874. The largest absolute Gasteiger partial charge is 0.376 e. The van der Waals surface area contributed by atoms with Gasteiger partial charge in [-0.2, -0.15) is 0 Å². The fourth-order valence-electron chi connectivity index (χ4n) is 1.63. The summed E-state index contributed by atoms with van der Waals surface area (Å²) in [5.41, 5.74) is 9.92. The van der Waals surface area contributed by atoms with Gasteiger partial charge in [0.1, 0.15) is 0 Å². The molecule has 2 aromatic rings. The van der Waals surface area contributed by atoms with Crippen molar-refractivity contribution in [2.45, 2.75) is 6.54 Å². The molecule has 0 aliphatic heterocycles. The molecule has 3 heteroatoms. The van der Waals surface area contributed by atoms with E-state index in [2.05, 4.69) is 23.2 Å². The van der Waals surface area contributed by atoms with Crippen molar-refractivity contribution in [3.8, 4) is 11.3 Å². The molecule has 0 saturated carbocycles. The number of nitrogens with two attached hydrogens (primary N) is 1. The van der Waals surface area contributed by atoms with E-state index >= 15 is 0 Å². The maximum Gasteiger partial charge on any atom is 0.0703 e. The van der Waals surface area contributed by atoms with Crippen molar-refractivity contribution < 1.29 is 0 Å². The molecule has 3 nitrogen and oxygen atoms in total. The molecule has 1 aromatic heterocycles. The van der Waals surface area contributed by atoms with Gasteiger partial charge in [0.15, 0.2) is 0 Å². The molecule has 17 heavy (non-hydrogen) atoms. The Bertz CT molecular complexity index is 472. The molecule has 1 aromatic carbocycles. The van der Waals surface area contributed by atoms with Crippen molar-refractivity contribution in [2.24, 2.45) is 5.73 Å². The van der Waals surface area contributed by atoms with Gasteiger partial charge in [-0.3, -0.25) is 4.98 Å². The van der Waals surface area contributed by atoms with Crippen LogP contribution in [0.15, 0.2) is 42.6 Å². The molecule has 0 fully saturated rings. The van der Waals surface area contributed by atoms with Crippen LogP contribution in [-0.2, 0) is 6.54 Å².